The minimum atomic E-state index is -0.953. The van der Waals surface area contributed by atoms with Crippen LogP contribution in [0, 0.1) is 40.4 Å². The number of hydrogen-bond acceptors (Lipinski definition) is 10. The van der Waals surface area contributed by atoms with E-state index >= 15 is 0 Å². The summed E-state index contributed by atoms with van der Waals surface area (Å²) in [6, 6.07) is 0.0588. The fraction of sp³-hybridized carbons (Fsp3) is 0.674. The molecular weight excluding hydrogens is 753 g/mol. The van der Waals surface area contributed by atoms with Gasteiger partial charge in [0.05, 0.1) is 43.2 Å². The van der Waals surface area contributed by atoms with Crippen molar-refractivity contribution in [2.75, 3.05) is 13.1 Å². The quantitative estimate of drug-likeness (QED) is 0.0221. The fourth-order valence-electron chi connectivity index (χ4n) is 9.89. The van der Waals surface area contributed by atoms with Crippen molar-refractivity contribution in [3.63, 3.8) is 0 Å². The molecule has 4 aliphatic rings. The number of allylic oxidation sites excluding steroid dienone is 2. The highest BCUT2D eigenvalue weighted by Gasteiger charge is 2.55. The van der Waals surface area contributed by atoms with E-state index in [1.165, 1.54) is 0 Å². The Morgan fingerprint density at radius 1 is 1.00 bits per heavy atom. The number of guanidine groups is 1. The smallest absolute Gasteiger partial charge is 0.258 e. The van der Waals surface area contributed by atoms with Crippen LogP contribution < -0.4 is 11.1 Å². The normalized spacial score (nSPS) is 31.2. The lowest BCUT2D eigenvalue weighted by Gasteiger charge is -2.53. The lowest BCUT2D eigenvalue weighted by Crippen LogP contribution is -2.50. The number of nitrogens with two attached hydrogens (primary N) is 1. The Labute approximate surface area is 350 Å². The molecule has 13 atom stereocenters. The van der Waals surface area contributed by atoms with E-state index in [2.05, 4.69) is 11.4 Å². The van der Waals surface area contributed by atoms with Crippen molar-refractivity contribution in [3.05, 3.63) is 71.1 Å². The Balaban J connectivity index is 1.25. The number of aliphatic hydroxyl groups is 7. The van der Waals surface area contributed by atoms with E-state index in [1.54, 1.807) is 36.5 Å². The molecule has 13 nitrogen and oxygen atoms in total. The molecule has 0 bridgehead atoms. The summed E-state index contributed by atoms with van der Waals surface area (Å²) in [6.07, 6.45) is 16.2. The van der Waals surface area contributed by atoms with Crippen molar-refractivity contribution in [2.45, 2.75) is 148 Å². The van der Waals surface area contributed by atoms with Crippen LogP contribution in [0.25, 0.3) is 0 Å². The fourth-order valence-corrected chi connectivity index (χ4v) is 9.89. The SMILES string of the molecule is CC1=CC2C(O)CCCC2C(C)(/C(O)=C2\C(=O)CNC2=O)C1CCC(C)C(O)/C(C)=C/CC(O)/C=C/C(C)C(O)/C=C/CC(O)/C=C/CC(O)CC1CCCN1C(=N)N. The first-order chi connectivity index (χ1) is 27.9. The minimum absolute atomic E-state index is 0.0315. The Hall–Kier alpha value is -3.59. The zero-order valence-corrected chi connectivity index (χ0v) is 35.7. The number of amides is 1. The molecule has 0 spiro atoms. The van der Waals surface area contributed by atoms with Gasteiger partial charge in [0, 0.05) is 29.8 Å². The molecule has 2 aliphatic carbocycles. The third-order valence-electron chi connectivity index (χ3n) is 13.6. The largest absolute Gasteiger partial charge is 0.511 e. The third-order valence-corrected chi connectivity index (χ3v) is 13.6. The van der Waals surface area contributed by atoms with Gasteiger partial charge in [-0.25, -0.2) is 0 Å². The summed E-state index contributed by atoms with van der Waals surface area (Å²) in [5.41, 5.74) is 6.20. The van der Waals surface area contributed by atoms with E-state index in [4.69, 9.17) is 11.1 Å². The summed E-state index contributed by atoms with van der Waals surface area (Å²) in [5, 5.41) is 86.3. The van der Waals surface area contributed by atoms with Crippen LogP contribution in [-0.4, -0.2) is 114 Å². The predicted molar refractivity (Wildman–Crippen MR) is 229 cm³/mol. The molecule has 0 aromatic carbocycles. The summed E-state index contributed by atoms with van der Waals surface area (Å²) in [4.78, 5) is 27.3. The number of aliphatic hydroxyl groups excluding tert-OH is 7. The topological polar surface area (TPSA) is 241 Å². The Morgan fingerprint density at radius 3 is 2.37 bits per heavy atom. The molecule has 2 aliphatic heterocycles. The van der Waals surface area contributed by atoms with E-state index in [1.807, 2.05) is 45.6 Å². The molecule has 330 valence electrons. The van der Waals surface area contributed by atoms with Crippen LogP contribution in [0.4, 0.5) is 0 Å². The number of Topliss-reactive ketones (excluding diaryl/α,β-unsaturated/α-hetero) is 1. The number of carbonyl (C=O) groups excluding carboxylic acids is 2. The van der Waals surface area contributed by atoms with Crippen LogP contribution in [0.1, 0.15) is 105 Å². The number of hydrogen-bond donors (Lipinski definition) is 10. The molecule has 2 saturated heterocycles. The second kappa shape index (κ2) is 21.8. The number of nitrogens with zero attached hydrogens (tertiary/aromatic N) is 1. The van der Waals surface area contributed by atoms with E-state index in [9.17, 15) is 45.3 Å². The van der Waals surface area contributed by atoms with E-state index in [-0.39, 0.29) is 72.3 Å². The van der Waals surface area contributed by atoms with Crippen molar-refractivity contribution in [2.24, 2.45) is 40.7 Å². The second-order valence-corrected chi connectivity index (χ2v) is 17.9. The Bertz CT molecular complexity index is 1640. The maximum atomic E-state index is 12.8. The summed E-state index contributed by atoms with van der Waals surface area (Å²) in [6.45, 7) is 10.1. The van der Waals surface area contributed by atoms with Gasteiger partial charge >= 0.3 is 0 Å². The number of nitrogens with one attached hydrogen (secondary N) is 2. The maximum Gasteiger partial charge on any atom is 0.258 e. The van der Waals surface area contributed by atoms with Crippen LogP contribution in [0.3, 0.4) is 0 Å². The van der Waals surface area contributed by atoms with Gasteiger partial charge < -0.3 is 51.7 Å². The Kier molecular flexibility index (Phi) is 17.8. The highest BCUT2D eigenvalue weighted by Crippen LogP contribution is 2.58. The summed E-state index contributed by atoms with van der Waals surface area (Å²) < 4.78 is 0. The summed E-state index contributed by atoms with van der Waals surface area (Å²) >= 11 is 0. The molecule has 4 rings (SSSR count). The van der Waals surface area contributed by atoms with Crippen LogP contribution in [0.15, 0.2) is 71.1 Å². The number of ketones is 1. The Morgan fingerprint density at radius 2 is 1.69 bits per heavy atom. The number of fused-ring (bicyclic) bond motifs is 1. The van der Waals surface area contributed by atoms with Crippen molar-refractivity contribution in [3.8, 4) is 0 Å². The molecule has 0 aromatic rings. The van der Waals surface area contributed by atoms with Crippen molar-refractivity contribution in [1.29, 1.82) is 5.41 Å². The van der Waals surface area contributed by atoms with E-state index < -0.39 is 53.7 Å². The average molecular weight is 825 g/mol. The first-order valence-corrected chi connectivity index (χ1v) is 21.7. The van der Waals surface area contributed by atoms with Gasteiger partial charge in [-0.05, 0) is 101 Å². The monoisotopic (exact) mass is 825 g/mol. The number of likely N-dealkylation sites (tertiary alicyclic amines) is 1. The maximum absolute atomic E-state index is 12.8. The van der Waals surface area contributed by atoms with Gasteiger partial charge in [-0.1, -0.05) is 81.4 Å². The molecule has 13 heteroatoms. The van der Waals surface area contributed by atoms with Crippen LogP contribution in [0.2, 0.25) is 0 Å². The third kappa shape index (κ3) is 12.3. The van der Waals surface area contributed by atoms with E-state index in [0.29, 0.717) is 37.7 Å². The zero-order chi connectivity index (χ0) is 43.6. The number of carbonyl (C=O) groups is 2. The van der Waals surface area contributed by atoms with Gasteiger partial charge in [-0.2, -0.15) is 0 Å². The van der Waals surface area contributed by atoms with Crippen molar-refractivity contribution in [1.82, 2.24) is 10.2 Å². The average Bonchev–Trinajstić information content (AvgIpc) is 3.80. The zero-order valence-electron chi connectivity index (χ0n) is 35.7. The van der Waals surface area contributed by atoms with Gasteiger partial charge in [-0.15, -0.1) is 0 Å². The molecule has 11 N–H and O–H groups in total. The summed E-state index contributed by atoms with van der Waals surface area (Å²) in [5.74, 6) is -2.23. The molecule has 13 unspecified atom stereocenters. The van der Waals surface area contributed by atoms with Crippen LogP contribution in [-0.2, 0) is 9.59 Å². The number of rotatable bonds is 19. The molecule has 2 heterocycles. The lowest BCUT2D eigenvalue weighted by atomic mass is 9.52. The molecule has 1 saturated carbocycles. The molecular formula is C46H72N4O9. The standard InChI is InChI=1S/C46H72N4O9/c1-27(38(54)15-7-12-32(51)11-6-13-34(53)25-31-10-9-23-50(31)45(47)48)17-20-33(52)21-18-28(2)42(57)29(3)19-22-36-30(4)24-35-37(14-8-16-39(35)55)46(36,5)43(58)41-40(56)26-49-44(41)59/h6-7,11,15,17-18,20,24,27,29,31-39,42,51-55,57-58H,8-10,12-14,16,19,21-23,25-26H2,1-5H3,(H3,47,48)(H,49,59)/b11-6+,15-7+,20-17+,28-18+,43-41-. The second-order valence-electron chi connectivity index (χ2n) is 17.9. The molecule has 59 heavy (non-hydrogen) atoms. The van der Waals surface area contributed by atoms with Gasteiger partial charge in [0.1, 0.15) is 11.3 Å². The van der Waals surface area contributed by atoms with Gasteiger partial charge in [0.2, 0.25) is 0 Å². The molecule has 0 aromatic heterocycles. The highest BCUT2D eigenvalue weighted by molar-refractivity contribution is 6.25. The molecule has 1 amide bonds. The first kappa shape index (κ1) is 48.1. The first-order valence-electron chi connectivity index (χ1n) is 21.7. The molecule has 0 radical (unpaired) electrons. The van der Waals surface area contributed by atoms with Crippen LogP contribution >= 0.6 is 0 Å². The lowest BCUT2D eigenvalue weighted by molar-refractivity contribution is -0.118. The predicted octanol–water partition coefficient (Wildman–Crippen LogP) is 4.25. The van der Waals surface area contributed by atoms with E-state index in [0.717, 1.165) is 37.8 Å². The minimum Gasteiger partial charge on any atom is -0.511 e. The van der Waals surface area contributed by atoms with Gasteiger partial charge in [0.15, 0.2) is 11.7 Å². The molecule has 3 fully saturated rings. The summed E-state index contributed by atoms with van der Waals surface area (Å²) in [7, 11) is 0. The van der Waals surface area contributed by atoms with Crippen LogP contribution in [0.5, 0.6) is 0 Å². The van der Waals surface area contributed by atoms with Crippen molar-refractivity contribution < 1.29 is 45.3 Å². The van der Waals surface area contributed by atoms with Gasteiger partial charge in [0.25, 0.3) is 5.91 Å². The van der Waals surface area contributed by atoms with Crippen molar-refractivity contribution >= 4 is 17.6 Å². The highest BCUT2D eigenvalue weighted by atomic mass is 16.3. The van der Waals surface area contributed by atoms with Gasteiger partial charge in [-0.3, -0.25) is 15.0 Å².